The Kier molecular flexibility index (Phi) is 6.48. The van der Waals surface area contributed by atoms with Crippen molar-refractivity contribution in [3.63, 3.8) is 0 Å². The van der Waals surface area contributed by atoms with Crippen LogP contribution in [0.3, 0.4) is 0 Å². The van der Waals surface area contributed by atoms with Crippen LogP contribution in [0.5, 0.6) is 5.75 Å². The van der Waals surface area contributed by atoms with Gasteiger partial charge in [-0.1, -0.05) is 60.1 Å². The molecule has 0 bridgehead atoms. The van der Waals surface area contributed by atoms with E-state index in [4.69, 9.17) is 22.1 Å². The standard InChI is InChI=1S/C24H20ClN5O2/c25-20-13-18(11-12-21(20)32-15-16-7-3-1-4-8-16)28-22-19(14-27-24(26)30-22)23(31)29-17-9-5-2-6-10-17/h1-14H,15H2,(H,29,31)(H3,26,27,28,30). The summed E-state index contributed by atoms with van der Waals surface area (Å²) in [6.45, 7) is 0.402. The summed E-state index contributed by atoms with van der Waals surface area (Å²) < 4.78 is 5.81. The number of nitrogens with zero attached hydrogens (tertiary/aromatic N) is 2. The quantitative estimate of drug-likeness (QED) is 0.357. The second-order valence-electron chi connectivity index (χ2n) is 6.86. The van der Waals surface area contributed by atoms with Crippen LogP contribution in [0.2, 0.25) is 5.02 Å². The molecule has 4 rings (SSSR count). The summed E-state index contributed by atoms with van der Waals surface area (Å²) in [6, 6.07) is 24.1. The molecule has 1 heterocycles. The Morgan fingerprint density at radius 1 is 0.969 bits per heavy atom. The van der Waals surface area contributed by atoms with E-state index in [2.05, 4.69) is 20.6 Å². The minimum absolute atomic E-state index is 0.0395. The molecule has 4 aromatic rings. The summed E-state index contributed by atoms with van der Waals surface area (Å²) in [5, 5.41) is 6.32. The highest BCUT2D eigenvalue weighted by Gasteiger charge is 2.15. The topological polar surface area (TPSA) is 102 Å². The fourth-order valence-corrected chi connectivity index (χ4v) is 3.18. The average molecular weight is 446 g/mol. The highest BCUT2D eigenvalue weighted by Crippen LogP contribution is 2.30. The molecule has 1 amide bonds. The van der Waals surface area contributed by atoms with E-state index in [0.29, 0.717) is 28.8 Å². The zero-order chi connectivity index (χ0) is 22.3. The zero-order valence-corrected chi connectivity index (χ0v) is 17.7. The molecule has 1 aromatic heterocycles. The van der Waals surface area contributed by atoms with Gasteiger partial charge in [-0.15, -0.1) is 0 Å². The fraction of sp³-hybridized carbons (Fsp3) is 0.0417. The van der Waals surface area contributed by atoms with Gasteiger partial charge in [0.15, 0.2) is 0 Å². The Morgan fingerprint density at radius 2 is 1.69 bits per heavy atom. The molecule has 0 fully saturated rings. The first-order chi connectivity index (χ1) is 15.6. The number of benzene rings is 3. The number of carbonyl (C=O) groups is 1. The van der Waals surface area contributed by atoms with Crippen molar-refractivity contribution in [3.05, 3.63) is 101 Å². The maximum absolute atomic E-state index is 12.8. The summed E-state index contributed by atoms with van der Waals surface area (Å²) in [5.41, 5.74) is 8.30. The number of hydrogen-bond acceptors (Lipinski definition) is 6. The number of carbonyl (C=O) groups excluding carboxylic acids is 1. The molecule has 0 radical (unpaired) electrons. The molecular formula is C24H20ClN5O2. The van der Waals surface area contributed by atoms with E-state index in [1.165, 1.54) is 6.20 Å². The molecule has 0 saturated carbocycles. The molecule has 0 saturated heterocycles. The Bertz CT molecular complexity index is 1220. The molecule has 0 spiro atoms. The van der Waals surface area contributed by atoms with Gasteiger partial charge < -0.3 is 21.1 Å². The molecular weight excluding hydrogens is 426 g/mol. The molecule has 0 unspecified atom stereocenters. The van der Waals surface area contributed by atoms with Crippen molar-refractivity contribution in [2.75, 3.05) is 16.4 Å². The van der Waals surface area contributed by atoms with Crippen LogP contribution in [0, 0.1) is 0 Å². The number of para-hydroxylation sites is 1. The first kappa shape index (κ1) is 21.1. The maximum atomic E-state index is 12.8. The minimum atomic E-state index is -0.368. The van der Waals surface area contributed by atoms with Gasteiger partial charge in [0.1, 0.15) is 23.7 Å². The van der Waals surface area contributed by atoms with Crippen LogP contribution in [0.1, 0.15) is 15.9 Å². The molecule has 7 nitrogen and oxygen atoms in total. The van der Waals surface area contributed by atoms with Crippen LogP contribution < -0.4 is 21.1 Å². The Morgan fingerprint density at radius 3 is 2.41 bits per heavy atom. The normalized spacial score (nSPS) is 10.4. The number of nitrogens with one attached hydrogen (secondary N) is 2. The molecule has 3 aromatic carbocycles. The lowest BCUT2D eigenvalue weighted by molar-refractivity contribution is 0.102. The Hall–Kier alpha value is -4.10. The average Bonchev–Trinajstić information content (AvgIpc) is 2.80. The zero-order valence-electron chi connectivity index (χ0n) is 17.0. The number of halogens is 1. The smallest absolute Gasteiger partial charge is 0.261 e. The molecule has 0 atom stereocenters. The third kappa shape index (κ3) is 5.33. The predicted molar refractivity (Wildman–Crippen MR) is 126 cm³/mol. The van der Waals surface area contributed by atoms with Crippen LogP contribution in [0.15, 0.2) is 85.1 Å². The third-order valence-electron chi connectivity index (χ3n) is 4.52. The van der Waals surface area contributed by atoms with Gasteiger partial charge in [-0.25, -0.2) is 4.98 Å². The summed E-state index contributed by atoms with van der Waals surface area (Å²) in [5.74, 6) is 0.482. The number of nitrogens with two attached hydrogens (primary N) is 1. The van der Waals surface area contributed by atoms with E-state index in [9.17, 15) is 4.79 Å². The summed E-state index contributed by atoms with van der Waals surface area (Å²) >= 11 is 6.40. The lowest BCUT2D eigenvalue weighted by atomic mass is 10.2. The number of nitrogen functional groups attached to an aromatic ring is 1. The molecule has 4 N–H and O–H groups in total. The van der Waals surface area contributed by atoms with Crippen molar-refractivity contribution in [3.8, 4) is 5.75 Å². The Labute approximate surface area is 190 Å². The lowest BCUT2D eigenvalue weighted by Crippen LogP contribution is -2.16. The van der Waals surface area contributed by atoms with Crippen LogP contribution in [-0.4, -0.2) is 15.9 Å². The van der Waals surface area contributed by atoms with Gasteiger partial charge in [-0.3, -0.25) is 4.79 Å². The van der Waals surface area contributed by atoms with E-state index in [1.54, 1.807) is 30.3 Å². The third-order valence-corrected chi connectivity index (χ3v) is 4.81. The molecule has 8 heteroatoms. The van der Waals surface area contributed by atoms with Crippen molar-refractivity contribution in [2.24, 2.45) is 0 Å². The first-order valence-corrected chi connectivity index (χ1v) is 10.2. The second-order valence-corrected chi connectivity index (χ2v) is 7.26. The van der Waals surface area contributed by atoms with E-state index in [1.807, 2.05) is 48.5 Å². The largest absolute Gasteiger partial charge is 0.487 e. The number of amides is 1. The van der Waals surface area contributed by atoms with Gasteiger partial charge in [0.2, 0.25) is 5.95 Å². The van der Waals surface area contributed by atoms with Crippen LogP contribution in [-0.2, 0) is 6.61 Å². The van der Waals surface area contributed by atoms with Gasteiger partial charge >= 0.3 is 0 Å². The van der Waals surface area contributed by atoms with Crippen molar-refractivity contribution >= 4 is 40.6 Å². The van der Waals surface area contributed by atoms with Gasteiger partial charge in [-0.05, 0) is 35.9 Å². The number of aromatic nitrogens is 2. The minimum Gasteiger partial charge on any atom is -0.487 e. The molecule has 0 aliphatic heterocycles. The summed E-state index contributed by atoms with van der Waals surface area (Å²) in [4.78, 5) is 20.9. The van der Waals surface area contributed by atoms with Crippen molar-refractivity contribution in [2.45, 2.75) is 6.61 Å². The van der Waals surface area contributed by atoms with Crippen LogP contribution >= 0.6 is 11.6 Å². The molecule has 32 heavy (non-hydrogen) atoms. The van der Waals surface area contributed by atoms with E-state index in [0.717, 1.165) is 5.56 Å². The van der Waals surface area contributed by atoms with Crippen LogP contribution in [0.4, 0.5) is 23.1 Å². The van der Waals surface area contributed by atoms with E-state index < -0.39 is 0 Å². The monoisotopic (exact) mass is 445 g/mol. The van der Waals surface area contributed by atoms with Gasteiger partial charge in [-0.2, -0.15) is 4.98 Å². The summed E-state index contributed by atoms with van der Waals surface area (Å²) in [7, 11) is 0. The first-order valence-electron chi connectivity index (χ1n) is 9.81. The molecule has 0 aliphatic rings. The van der Waals surface area contributed by atoms with E-state index in [-0.39, 0.29) is 23.2 Å². The van der Waals surface area contributed by atoms with Crippen molar-refractivity contribution < 1.29 is 9.53 Å². The van der Waals surface area contributed by atoms with Crippen molar-refractivity contribution in [1.82, 2.24) is 9.97 Å². The highest BCUT2D eigenvalue weighted by molar-refractivity contribution is 6.32. The molecule has 0 aliphatic carbocycles. The number of rotatable bonds is 7. The highest BCUT2D eigenvalue weighted by atomic mass is 35.5. The van der Waals surface area contributed by atoms with Gasteiger partial charge in [0.05, 0.1) is 5.02 Å². The second kappa shape index (κ2) is 9.80. The van der Waals surface area contributed by atoms with Crippen molar-refractivity contribution in [1.29, 1.82) is 0 Å². The number of anilines is 4. The molecule has 160 valence electrons. The fourth-order valence-electron chi connectivity index (χ4n) is 2.94. The van der Waals surface area contributed by atoms with E-state index >= 15 is 0 Å². The number of ether oxygens (including phenoxy) is 1. The van der Waals surface area contributed by atoms with Gasteiger partial charge in [0.25, 0.3) is 5.91 Å². The maximum Gasteiger partial charge on any atom is 0.261 e. The van der Waals surface area contributed by atoms with Gasteiger partial charge in [0, 0.05) is 17.6 Å². The predicted octanol–water partition coefficient (Wildman–Crippen LogP) is 5.29. The number of hydrogen-bond donors (Lipinski definition) is 3. The SMILES string of the molecule is Nc1ncc(C(=O)Nc2ccccc2)c(Nc2ccc(OCc3ccccc3)c(Cl)c2)n1. The summed E-state index contributed by atoms with van der Waals surface area (Å²) in [6.07, 6.45) is 1.38. The Balaban J connectivity index is 1.50. The lowest BCUT2D eigenvalue weighted by Gasteiger charge is -2.13. The van der Waals surface area contributed by atoms with Crippen LogP contribution in [0.25, 0.3) is 0 Å².